The molecule has 0 atom stereocenters. The number of hydrogen-bond acceptors (Lipinski definition) is 4. The normalized spacial score (nSPS) is 27.0. The van der Waals surface area contributed by atoms with Crippen molar-refractivity contribution in [3.05, 3.63) is 16.6 Å². The highest BCUT2D eigenvalue weighted by molar-refractivity contribution is 5.01. The maximum atomic E-state index is 12.6. The van der Waals surface area contributed by atoms with Gasteiger partial charge in [-0.2, -0.15) is 13.2 Å². The monoisotopic (exact) mass is 225 g/mol. The van der Waals surface area contributed by atoms with Gasteiger partial charge in [-0.15, -0.1) is 15.1 Å². The van der Waals surface area contributed by atoms with Crippen LogP contribution in [0.5, 0.6) is 0 Å². The zero-order valence-corrected chi connectivity index (χ0v) is 6.99. The zero-order valence-electron chi connectivity index (χ0n) is 11.0. The van der Waals surface area contributed by atoms with Crippen molar-refractivity contribution in [2.75, 3.05) is 6.50 Å². The van der Waals surface area contributed by atoms with Gasteiger partial charge in [-0.1, -0.05) is 0 Å². The average molecular weight is 225 g/mol. The summed E-state index contributed by atoms with van der Waals surface area (Å²) in [4.78, 5) is 10.5. The third kappa shape index (κ3) is 1.64. The van der Waals surface area contributed by atoms with Crippen molar-refractivity contribution in [3.8, 4) is 0 Å². The summed E-state index contributed by atoms with van der Waals surface area (Å²) in [5, 5.41) is 7.95. The molecule has 15 heavy (non-hydrogen) atoms. The molecule has 0 aliphatic carbocycles. The van der Waals surface area contributed by atoms with Gasteiger partial charge in [0.2, 0.25) is 5.82 Å². The fourth-order valence-electron chi connectivity index (χ4n) is 1.07. The van der Waals surface area contributed by atoms with E-state index < -0.39 is 37.4 Å². The van der Waals surface area contributed by atoms with Crippen LogP contribution in [0.4, 0.5) is 13.2 Å². The number of rotatable bonds is 1. The van der Waals surface area contributed by atoms with E-state index in [9.17, 15) is 18.1 Å². The lowest BCUT2D eigenvalue weighted by molar-refractivity contribution is -0.148. The fourth-order valence-corrected chi connectivity index (χ4v) is 1.07. The molecule has 2 heterocycles. The van der Waals surface area contributed by atoms with Gasteiger partial charge < -0.3 is 4.57 Å². The topological polar surface area (TPSA) is 63.4 Å². The minimum atomic E-state index is -4.91. The van der Waals surface area contributed by atoms with E-state index in [1.54, 1.807) is 0 Å². The Morgan fingerprint density at radius 1 is 1.47 bits per heavy atom. The SMILES string of the molecule is [2H]C1([2H])Cn2c(C(F)(F)F)nnc2C([2H])([2H])N1N=O. The Bertz CT molecular complexity index is 529. The van der Waals surface area contributed by atoms with Crippen LogP contribution in [0.15, 0.2) is 5.29 Å². The summed E-state index contributed by atoms with van der Waals surface area (Å²) in [7, 11) is 0. The van der Waals surface area contributed by atoms with Crippen LogP contribution >= 0.6 is 0 Å². The molecule has 0 N–H and O–H groups in total. The Kier molecular flexibility index (Phi) is 1.28. The van der Waals surface area contributed by atoms with E-state index >= 15 is 0 Å². The molecule has 1 aromatic rings. The van der Waals surface area contributed by atoms with Crippen molar-refractivity contribution in [1.82, 2.24) is 19.8 Å². The number of alkyl halides is 3. The highest BCUT2D eigenvalue weighted by atomic mass is 19.4. The van der Waals surface area contributed by atoms with E-state index in [1.165, 1.54) is 0 Å². The molecule has 1 aliphatic rings. The number of aromatic nitrogens is 3. The second-order valence-corrected chi connectivity index (χ2v) is 2.59. The van der Waals surface area contributed by atoms with Gasteiger partial charge in [0.25, 0.3) is 0 Å². The van der Waals surface area contributed by atoms with Crippen LogP contribution in [0.1, 0.15) is 17.1 Å². The predicted octanol–water partition coefficient (Wildman–Crippen LogP) is 0.794. The Hall–Kier alpha value is -1.67. The predicted molar refractivity (Wildman–Crippen MR) is 41.2 cm³/mol. The van der Waals surface area contributed by atoms with Gasteiger partial charge in [0.1, 0.15) is 0 Å². The molecule has 0 bridgehead atoms. The lowest BCUT2D eigenvalue weighted by atomic mass is 10.4. The summed E-state index contributed by atoms with van der Waals surface area (Å²) in [5.41, 5.74) is 0. The van der Waals surface area contributed by atoms with E-state index in [4.69, 9.17) is 5.48 Å². The number of fused-ring (bicyclic) bond motifs is 1. The van der Waals surface area contributed by atoms with Crippen molar-refractivity contribution < 1.29 is 18.7 Å². The minimum Gasteiger partial charge on any atom is -0.304 e. The molecule has 0 spiro atoms. The van der Waals surface area contributed by atoms with Crippen LogP contribution in [0.25, 0.3) is 0 Å². The van der Waals surface area contributed by atoms with Crippen molar-refractivity contribution >= 4 is 0 Å². The van der Waals surface area contributed by atoms with Crippen LogP contribution < -0.4 is 0 Å². The summed E-state index contributed by atoms with van der Waals surface area (Å²) < 4.78 is 68.0. The van der Waals surface area contributed by atoms with Crippen LogP contribution in [0.3, 0.4) is 0 Å². The first-order valence-electron chi connectivity index (χ1n) is 5.66. The van der Waals surface area contributed by atoms with Crippen molar-refractivity contribution in [2.45, 2.75) is 19.2 Å². The van der Waals surface area contributed by atoms with E-state index in [0.717, 1.165) is 0 Å². The molecule has 0 amide bonds. The molecule has 0 saturated carbocycles. The Morgan fingerprint density at radius 3 is 2.80 bits per heavy atom. The highest BCUT2D eigenvalue weighted by Gasteiger charge is 2.39. The van der Waals surface area contributed by atoms with Crippen LogP contribution in [-0.4, -0.2) is 26.3 Å². The Balaban J connectivity index is 2.65. The third-order valence-corrected chi connectivity index (χ3v) is 1.67. The highest BCUT2D eigenvalue weighted by Crippen LogP contribution is 2.29. The summed E-state index contributed by atoms with van der Waals surface area (Å²) >= 11 is 0. The van der Waals surface area contributed by atoms with E-state index in [-0.39, 0.29) is 9.58 Å². The number of halogens is 3. The van der Waals surface area contributed by atoms with Gasteiger partial charge in [-0.05, 0) is 0 Å². The van der Waals surface area contributed by atoms with Crippen LogP contribution in [-0.2, 0) is 19.2 Å². The molecule has 0 radical (unpaired) electrons. The van der Waals surface area contributed by atoms with Crippen molar-refractivity contribution in [1.29, 1.82) is 0 Å². The molecule has 82 valence electrons. The van der Waals surface area contributed by atoms with E-state index in [2.05, 4.69) is 15.5 Å². The largest absolute Gasteiger partial charge is 0.451 e. The smallest absolute Gasteiger partial charge is 0.304 e. The second-order valence-electron chi connectivity index (χ2n) is 2.59. The molecule has 0 aromatic carbocycles. The molecule has 1 aromatic heterocycles. The van der Waals surface area contributed by atoms with E-state index in [0.29, 0.717) is 0 Å². The lowest BCUT2D eigenvalue weighted by Gasteiger charge is -2.22. The van der Waals surface area contributed by atoms with Crippen LogP contribution in [0, 0.1) is 4.91 Å². The molecule has 6 nitrogen and oxygen atoms in total. The third-order valence-electron chi connectivity index (χ3n) is 1.67. The van der Waals surface area contributed by atoms with Gasteiger partial charge >= 0.3 is 6.18 Å². The molecular formula is C6H6F3N5O. The maximum absolute atomic E-state index is 12.6. The maximum Gasteiger partial charge on any atom is 0.451 e. The van der Waals surface area contributed by atoms with Crippen molar-refractivity contribution in [3.63, 3.8) is 0 Å². The molecule has 2 rings (SSSR count). The second kappa shape index (κ2) is 3.17. The molecule has 0 unspecified atom stereocenters. The molecule has 9 heteroatoms. The van der Waals surface area contributed by atoms with Gasteiger partial charge in [0.15, 0.2) is 5.82 Å². The Morgan fingerprint density at radius 2 is 2.20 bits per heavy atom. The lowest BCUT2D eigenvalue weighted by Crippen LogP contribution is -2.31. The first-order valence-corrected chi connectivity index (χ1v) is 3.66. The average Bonchev–Trinajstić information content (AvgIpc) is 2.59. The Labute approximate surface area is 87.3 Å². The number of hydrogen-bond donors (Lipinski definition) is 0. The summed E-state index contributed by atoms with van der Waals surface area (Å²) in [6.45, 7) is -6.63. The van der Waals surface area contributed by atoms with Crippen molar-refractivity contribution in [2.24, 2.45) is 5.29 Å². The van der Waals surface area contributed by atoms with Gasteiger partial charge in [0.05, 0.1) is 23.8 Å². The fraction of sp³-hybridized carbons (Fsp3) is 0.667. The van der Waals surface area contributed by atoms with Gasteiger partial charge in [0, 0.05) is 6.54 Å². The zero-order chi connectivity index (χ0) is 14.6. The standard InChI is InChI=1S/C6H6F3N5O/c7-6(8,9)5-11-10-4-3-13(12-15)1-2-14(4)5/h1-3H2/i1D2,3D2. The molecule has 0 fully saturated rings. The first-order chi connectivity index (χ1) is 8.52. The summed E-state index contributed by atoms with van der Waals surface area (Å²) in [5.74, 6) is -2.35. The van der Waals surface area contributed by atoms with E-state index in [1.807, 2.05) is 0 Å². The number of nitroso groups, excluding NO2 is 1. The molecule has 1 aliphatic heterocycles. The number of nitrogens with zero attached hydrogens (tertiary/aromatic N) is 5. The molecular weight excluding hydrogens is 215 g/mol. The van der Waals surface area contributed by atoms with Gasteiger partial charge in [-0.25, -0.2) is 0 Å². The van der Waals surface area contributed by atoms with Gasteiger partial charge in [-0.3, -0.25) is 5.01 Å². The minimum absolute atomic E-state index is 0.107. The quantitative estimate of drug-likeness (QED) is 0.663. The first kappa shape index (κ1) is 6.03. The summed E-state index contributed by atoms with van der Waals surface area (Å²) in [6, 6.07) is 0. The molecule has 0 saturated heterocycles. The summed E-state index contributed by atoms with van der Waals surface area (Å²) in [6.07, 6.45) is -4.91. The van der Waals surface area contributed by atoms with Crippen LogP contribution in [0.2, 0.25) is 0 Å².